The summed E-state index contributed by atoms with van der Waals surface area (Å²) < 4.78 is 100. The lowest BCUT2D eigenvalue weighted by Crippen LogP contribution is -2.88. The molecule has 0 N–H and O–H groups in total. The van der Waals surface area contributed by atoms with Crippen molar-refractivity contribution < 1.29 is 54.1 Å². The molecule has 0 aromatic heterocycles. The van der Waals surface area contributed by atoms with Gasteiger partial charge < -0.3 is 54.1 Å². The minimum absolute atomic E-state index is 0.143. The van der Waals surface area contributed by atoms with Gasteiger partial charge in [0, 0.05) is 48.4 Å². The monoisotopic (exact) mass is 940 g/mol. The van der Waals surface area contributed by atoms with Gasteiger partial charge >= 0.3 is 70.4 Å². The average molecular weight is 942 g/mol. The maximum absolute atomic E-state index is 7.93. The van der Waals surface area contributed by atoms with Gasteiger partial charge in [-0.1, -0.05) is 96.9 Å². The van der Waals surface area contributed by atoms with Crippen molar-refractivity contribution in [2.45, 2.75) is 183 Å². The standard InChI is InChI=1S/C36H76O13Si8/c1-27(2)20-51-38-50(18-17-34-15-16-35-36(19-34)37-35)39-52(21-28(3)4)43-54(41-51,23-30(7)8)47-57(26-33(13)14)48-55(42-51,24-31(9)10)44-53(40-50,22-29(5)6)46-56(45-52,49-57)25-32(11)12/h27-36H,15-26H2,1-14H3. The van der Waals surface area contributed by atoms with Gasteiger partial charge in [0.2, 0.25) is 0 Å². The van der Waals surface area contributed by atoms with Crippen LogP contribution < -0.4 is 0 Å². The van der Waals surface area contributed by atoms with E-state index in [-0.39, 0.29) is 41.4 Å². The first kappa shape index (κ1) is 46.2. The summed E-state index contributed by atoms with van der Waals surface area (Å²) in [6, 6.07) is 4.14. The fourth-order valence-corrected chi connectivity index (χ4v) is 61.7. The van der Waals surface area contributed by atoms with Crippen molar-refractivity contribution in [1.29, 1.82) is 0 Å². The molecule has 1 saturated carbocycles. The van der Waals surface area contributed by atoms with Crippen LogP contribution in [0.4, 0.5) is 0 Å². The summed E-state index contributed by atoms with van der Waals surface area (Å²) in [5.74, 6) is 1.45. The Hall–Kier alpha value is 1.22. The molecule has 8 fully saturated rings. The summed E-state index contributed by atoms with van der Waals surface area (Å²) >= 11 is 0. The summed E-state index contributed by atoms with van der Waals surface area (Å²) in [7, 11) is -31.2. The van der Waals surface area contributed by atoms with Gasteiger partial charge in [-0.25, -0.2) is 0 Å². The second-order valence-electron chi connectivity index (χ2n) is 21.3. The Morgan fingerprint density at radius 3 is 0.807 bits per heavy atom. The maximum atomic E-state index is 7.93. The average Bonchev–Trinajstić information content (AvgIpc) is 3.72. The van der Waals surface area contributed by atoms with E-state index < -0.39 is 70.4 Å². The molecule has 21 heteroatoms. The van der Waals surface area contributed by atoms with E-state index in [0.29, 0.717) is 66.5 Å². The van der Waals surface area contributed by atoms with E-state index in [1.165, 1.54) is 0 Å². The highest BCUT2D eigenvalue weighted by Crippen LogP contribution is 2.56. The van der Waals surface area contributed by atoms with Gasteiger partial charge in [0.15, 0.2) is 0 Å². The quantitative estimate of drug-likeness (QED) is 0.102. The predicted molar refractivity (Wildman–Crippen MR) is 232 cm³/mol. The third-order valence-electron chi connectivity index (χ3n) is 11.3. The topological polar surface area (TPSA) is 123 Å². The van der Waals surface area contributed by atoms with E-state index in [0.717, 1.165) is 25.7 Å². The first-order chi connectivity index (χ1) is 26.4. The van der Waals surface area contributed by atoms with Gasteiger partial charge in [-0.2, -0.15) is 0 Å². The molecule has 330 valence electrons. The number of fused-ring (bicyclic) bond motifs is 1. The van der Waals surface area contributed by atoms with Crippen molar-refractivity contribution >= 4 is 70.4 Å². The molecule has 8 aliphatic rings. The number of hydrogen-bond donors (Lipinski definition) is 0. The SMILES string of the molecule is CC(C)C[Si]12O[Si]3(CCC4CCC5OC5C4)O[Si]4(CC(C)C)O[Si](CC(C)C)(O1)O[Si]1(CC(C)C)O[Si](CC(C)C)(O2)O[Si](CC(C)C)(O3)O[Si](CC(C)C)(O4)O1. The van der Waals surface area contributed by atoms with Gasteiger partial charge in [-0.05, 0) is 73.0 Å². The molecule has 0 amide bonds. The number of ether oxygens (including phenoxy) is 1. The lowest BCUT2D eigenvalue weighted by molar-refractivity contribution is -0.0343. The van der Waals surface area contributed by atoms with Crippen molar-refractivity contribution in [2.24, 2.45) is 47.3 Å². The third kappa shape index (κ3) is 10.4. The van der Waals surface area contributed by atoms with Crippen molar-refractivity contribution in [3.8, 4) is 0 Å². The molecule has 3 atom stereocenters. The molecule has 0 radical (unpaired) electrons. The van der Waals surface area contributed by atoms with Crippen LogP contribution in [0.25, 0.3) is 0 Å². The van der Waals surface area contributed by atoms with Crippen molar-refractivity contribution in [3.63, 3.8) is 0 Å². The first-order valence-electron chi connectivity index (χ1n) is 22.5. The summed E-state index contributed by atoms with van der Waals surface area (Å²) in [6.07, 6.45) is 4.86. The zero-order valence-electron chi connectivity index (χ0n) is 37.6. The van der Waals surface area contributed by atoms with Crippen LogP contribution in [0, 0.1) is 47.3 Å². The Kier molecular flexibility index (Phi) is 13.5. The Balaban J connectivity index is 1.53. The molecule has 8 rings (SSSR count). The minimum atomic E-state index is -3.92. The lowest BCUT2D eigenvalue weighted by atomic mass is 9.88. The highest BCUT2D eigenvalue weighted by Gasteiger charge is 2.83. The van der Waals surface area contributed by atoms with Crippen molar-refractivity contribution in [3.05, 3.63) is 0 Å². The highest BCUT2D eigenvalue weighted by atomic mass is 28.6. The zero-order valence-corrected chi connectivity index (χ0v) is 45.6. The lowest BCUT2D eigenvalue weighted by Gasteiger charge is -2.64. The van der Waals surface area contributed by atoms with Crippen LogP contribution in [-0.4, -0.2) is 82.6 Å². The molecule has 3 unspecified atom stereocenters. The van der Waals surface area contributed by atoms with Crippen LogP contribution in [0.3, 0.4) is 0 Å². The fourth-order valence-electron chi connectivity index (χ4n) is 10.0. The van der Waals surface area contributed by atoms with E-state index in [2.05, 4.69) is 96.9 Å². The molecule has 1 aliphatic carbocycles. The predicted octanol–water partition coefficient (Wildman–Crippen LogP) is 9.31. The van der Waals surface area contributed by atoms with E-state index in [4.69, 9.17) is 54.1 Å². The molecular formula is C36H76O13Si8. The number of rotatable bonds is 17. The van der Waals surface area contributed by atoms with Crippen LogP contribution in [0.15, 0.2) is 0 Å². The van der Waals surface area contributed by atoms with Crippen molar-refractivity contribution in [2.75, 3.05) is 0 Å². The molecule has 0 aromatic carbocycles. The van der Waals surface area contributed by atoms with Gasteiger partial charge in [0.05, 0.1) is 12.2 Å². The maximum Gasteiger partial charge on any atom is 0.479 e. The van der Waals surface area contributed by atoms with E-state index in [1.807, 2.05) is 0 Å². The van der Waals surface area contributed by atoms with Gasteiger partial charge in [-0.3, -0.25) is 0 Å². The highest BCUT2D eigenvalue weighted by molar-refractivity contribution is 7.03. The van der Waals surface area contributed by atoms with Crippen LogP contribution >= 0.6 is 0 Å². The number of hydrogen-bond acceptors (Lipinski definition) is 13. The van der Waals surface area contributed by atoms with Crippen molar-refractivity contribution in [1.82, 2.24) is 0 Å². The largest absolute Gasteiger partial charge is 0.479 e. The number of epoxide rings is 1. The Morgan fingerprint density at radius 2 is 0.579 bits per heavy atom. The van der Waals surface area contributed by atoms with Crippen LogP contribution in [-0.2, 0) is 54.1 Å². The Morgan fingerprint density at radius 1 is 0.333 bits per heavy atom. The van der Waals surface area contributed by atoms with Crippen LogP contribution in [0.2, 0.25) is 48.4 Å². The molecule has 13 nitrogen and oxygen atoms in total. The van der Waals surface area contributed by atoms with E-state index >= 15 is 0 Å². The van der Waals surface area contributed by atoms with Gasteiger partial charge in [0.1, 0.15) is 0 Å². The zero-order chi connectivity index (χ0) is 41.5. The minimum Gasteiger partial charge on any atom is -0.373 e. The summed E-state index contributed by atoms with van der Waals surface area (Å²) in [5.41, 5.74) is 0. The Labute approximate surface area is 353 Å². The molecule has 57 heavy (non-hydrogen) atoms. The summed E-state index contributed by atoms with van der Waals surface area (Å²) in [4.78, 5) is 0. The first-order valence-corrected chi connectivity index (χ1v) is 38.0. The molecule has 7 saturated heterocycles. The molecule has 8 bridgehead atoms. The summed E-state index contributed by atoms with van der Waals surface area (Å²) in [5, 5.41) is 0. The van der Waals surface area contributed by atoms with Gasteiger partial charge in [0.25, 0.3) is 0 Å². The molecule has 0 aromatic rings. The third-order valence-corrected chi connectivity index (χ3v) is 51.3. The van der Waals surface area contributed by atoms with Crippen LogP contribution in [0.1, 0.15) is 123 Å². The van der Waals surface area contributed by atoms with Gasteiger partial charge in [-0.15, -0.1) is 0 Å². The summed E-state index contributed by atoms with van der Waals surface area (Å²) in [6.45, 7) is 30.7. The second-order valence-corrected chi connectivity index (χ2v) is 45.4. The van der Waals surface area contributed by atoms with E-state index in [1.54, 1.807) is 0 Å². The smallest absolute Gasteiger partial charge is 0.373 e. The fraction of sp³-hybridized carbons (Fsp3) is 1.00. The molecular weight excluding hydrogens is 865 g/mol. The molecule has 7 aliphatic heterocycles. The second kappa shape index (κ2) is 16.6. The normalized spacial score (nSPS) is 45.3. The molecule has 7 heterocycles. The van der Waals surface area contributed by atoms with E-state index in [9.17, 15) is 0 Å². The Bertz CT molecular complexity index is 1270. The molecule has 0 spiro atoms. The van der Waals surface area contributed by atoms with Crippen LogP contribution in [0.5, 0.6) is 0 Å².